The zero-order valence-electron chi connectivity index (χ0n) is 10.00. The molecule has 1 atom stereocenters. The number of aliphatic hydroxyl groups is 1. The molecule has 1 fully saturated rings. The first-order chi connectivity index (χ1) is 8.50. The van der Waals surface area contributed by atoms with E-state index in [1.54, 1.807) is 19.1 Å². The number of nitrogens with zero attached hydrogens (tertiary/aromatic N) is 2. The summed E-state index contributed by atoms with van der Waals surface area (Å²) in [6, 6.07) is 4.56. The standard InChI is InChI=1S/C12H14N2O4/c1-8-3-2-4-10(14(17)18)11(8)12(16)13-6-5-9(15)7-13/h2-4,9,15H,5-7H2,1H3/t9-/m1/s1. The molecule has 0 aromatic heterocycles. The topological polar surface area (TPSA) is 83.7 Å². The number of hydrogen-bond acceptors (Lipinski definition) is 4. The maximum atomic E-state index is 12.2. The van der Waals surface area contributed by atoms with Gasteiger partial charge in [0.1, 0.15) is 5.56 Å². The van der Waals surface area contributed by atoms with Gasteiger partial charge in [0.25, 0.3) is 11.6 Å². The molecule has 96 valence electrons. The summed E-state index contributed by atoms with van der Waals surface area (Å²) in [6.45, 7) is 2.35. The van der Waals surface area contributed by atoms with E-state index in [9.17, 15) is 20.0 Å². The molecule has 0 aliphatic carbocycles. The van der Waals surface area contributed by atoms with Crippen LogP contribution in [0, 0.1) is 17.0 Å². The lowest BCUT2D eigenvalue weighted by Crippen LogP contribution is -2.30. The Labute approximate surface area is 104 Å². The molecule has 1 saturated heterocycles. The highest BCUT2D eigenvalue weighted by Crippen LogP contribution is 2.25. The maximum absolute atomic E-state index is 12.2. The predicted molar refractivity (Wildman–Crippen MR) is 64.4 cm³/mol. The van der Waals surface area contributed by atoms with Crippen LogP contribution in [0.15, 0.2) is 18.2 Å². The molecule has 2 rings (SSSR count). The first kappa shape index (κ1) is 12.5. The highest BCUT2D eigenvalue weighted by molar-refractivity contribution is 5.99. The number of rotatable bonds is 2. The highest BCUT2D eigenvalue weighted by Gasteiger charge is 2.30. The van der Waals surface area contributed by atoms with Gasteiger partial charge in [-0.05, 0) is 18.9 Å². The summed E-state index contributed by atoms with van der Waals surface area (Å²) in [5.41, 5.74) is 0.522. The summed E-state index contributed by atoms with van der Waals surface area (Å²) < 4.78 is 0. The van der Waals surface area contributed by atoms with Gasteiger partial charge in [-0.15, -0.1) is 0 Å². The average Bonchev–Trinajstić information content (AvgIpc) is 2.74. The normalized spacial score (nSPS) is 19.0. The highest BCUT2D eigenvalue weighted by atomic mass is 16.6. The number of nitro groups is 1. The average molecular weight is 250 g/mol. The maximum Gasteiger partial charge on any atom is 0.282 e. The van der Waals surface area contributed by atoms with Gasteiger partial charge in [0.2, 0.25) is 0 Å². The Morgan fingerprint density at radius 1 is 1.56 bits per heavy atom. The van der Waals surface area contributed by atoms with E-state index in [-0.39, 0.29) is 23.7 Å². The molecule has 0 radical (unpaired) electrons. The molecule has 0 spiro atoms. The van der Waals surface area contributed by atoms with Gasteiger partial charge in [0.15, 0.2) is 0 Å². The molecule has 1 amide bonds. The molecule has 1 aliphatic rings. The molecule has 1 aromatic carbocycles. The second kappa shape index (κ2) is 4.73. The molecular formula is C12H14N2O4. The molecule has 6 heteroatoms. The zero-order valence-corrected chi connectivity index (χ0v) is 10.00. The van der Waals surface area contributed by atoms with Crippen molar-refractivity contribution in [1.29, 1.82) is 0 Å². The van der Waals surface area contributed by atoms with Crippen molar-refractivity contribution in [2.24, 2.45) is 0 Å². The van der Waals surface area contributed by atoms with Crippen LogP contribution in [-0.2, 0) is 0 Å². The molecule has 0 saturated carbocycles. The first-order valence-corrected chi connectivity index (χ1v) is 5.72. The van der Waals surface area contributed by atoms with Crippen LogP contribution in [0.1, 0.15) is 22.3 Å². The largest absolute Gasteiger partial charge is 0.391 e. The van der Waals surface area contributed by atoms with Gasteiger partial charge < -0.3 is 10.0 Å². The minimum atomic E-state index is -0.549. The van der Waals surface area contributed by atoms with Gasteiger partial charge in [-0.3, -0.25) is 14.9 Å². The quantitative estimate of drug-likeness (QED) is 0.629. The van der Waals surface area contributed by atoms with Crippen molar-refractivity contribution in [3.8, 4) is 0 Å². The minimum absolute atomic E-state index is 0.122. The van der Waals surface area contributed by atoms with Gasteiger partial charge in [0.05, 0.1) is 11.0 Å². The monoisotopic (exact) mass is 250 g/mol. The van der Waals surface area contributed by atoms with Gasteiger partial charge in [0, 0.05) is 19.2 Å². The number of benzene rings is 1. The predicted octanol–water partition coefficient (Wildman–Crippen LogP) is 1.11. The first-order valence-electron chi connectivity index (χ1n) is 5.72. The summed E-state index contributed by atoms with van der Waals surface area (Å²) in [5, 5.41) is 20.4. The Bertz CT molecular complexity index is 501. The van der Waals surface area contributed by atoms with E-state index in [1.807, 2.05) is 0 Å². The smallest absolute Gasteiger partial charge is 0.282 e. The Hall–Kier alpha value is -1.95. The van der Waals surface area contributed by atoms with Gasteiger partial charge >= 0.3 is 0 Å². The molecule has 18 heavy (non-hydrogen) atoms. The van der Waals surface area contributed by atoms with E-state index < -0.39 is 11.0 Å². The summed E-state index contributed by atoms with van der Waals surface area (Å²) >= 11 is 0. The van der Waals surface area contributed by atoms with E-state index in [0.717, 1.165) is 0 Å². The van der Waals surface area contributed by atoms with Gasteiger partial charge in [-0.2, -0.15) is 0 Å². The summed E-state index contributed by atoms with van der Waals surface area (Å²) in [4.78, 5) is 24.1. The van der Waals surface area contributed by atoms with Gasteiger partial charge in [-0.25, -0.2) is 0 Å². The van der Waals surface area contributed by atoms with E-state index in [2.05, 4.69) is 0 Å². The fourth-order valence-electron chi connectivity index (χ4n) is 2.17. The molecule has 1 N–H and O–H groups in total. The van der Waals surface area contributed by atoms with E-state index >= 15 is 0 Å². The fourth-order valence-corrected chi connectivity index (χ4v) is 2.17. The molecular weight excluding hydrogens is 236 g/mol. The van der Waals surface area contributed by atoms with Crippen LogP contribution < -0.4 is 0 Å². The van der Waals surface area contributed by atoms with E-state index in [0.29, 0.717) is 18.5 Å². The lowest BCUT2D eigenvalue weighted by Gasteiger charge is -2.16. The van der Waals surface area contributed by atoms with Crippen LogP contribution in [0.5, 0.6) is 0 Å². The molecule has 1 aliphatic heterocycles. The van der Waals surface area contributed by atoms with Crippen LogP contribution in [-0.4, -0.2) is 40.0 Å². The van der Waals surface area contributed by atoms with Crippen LogP contribution in [0.2, 0.25) is 0 Å². The third-order valence-corrected chi connectivity index (χ3v) is 3.11. The second-order valence-electron chi connectivity index (χ2n) is 4.42. The number of β-amino-alcohol motifs (C(OH)–C–C–N with tert-alkyl or cyclic N) is 1. The SMILES string of the molecule is Cc1cccc([N+](=O)[O-])c1C(=O)N1CC[C@@H](O)C1. The number of carbonyl (C=O) groups excluding carboxylic acids is 1. The summed E-state index contributed by atoms with van der Waals surface area (Å²) in [7, 11) is 0. The van der Waals surface area contributed by atoms with Crippen LogP contribution in [0.25, 0.3) is 0 Å². The van der Waals surface area contributed by atoms with Gasteiger partial charge in [-0.1, -0.05) is 12.1 Å². The van der Waals surface area contributed by atoms with Crippen molar-refractivity contribution < 1.29 is 14.8 Å². The Morgan fingerprint density at radius 3 is 2.83 bits per heavy atom. The van der Waals surface area contributed by atoms with Crippen LogP contribution in [0.4, 0.5) is 5.69 Å². The van der Waals surface area contributed by atoms with E-state index in [4.69, 9.17) is 0 Å². The van der Waals surface area contributed by atoms with Crippen molar-refractivity contribution >= 4 is 11.6 Å². The Balaban J connectivity index is 2.38. The van der Waals surface area contributed by atoms with Crippen molar-refractivity contribution in [3.63, 3.8) is 0 Å². The molecule has 0 unspecified atom stereocenters. The van der Waals surface area contributed by atoms with Crippen LogP contribution >= 0.6 is 0 Å². The number of amides is 1. The number of nitro benzene ring substituents is 1. The van der Waals surface area contributed by atoms with Crippen LogP contribution in [0.3, 0.4) is 0 Å². The second-order valence-corrected chi connectivity index (χ2v) is 4.42. The molecule has 1 heterocycles. The van der Waals surface area contributed by atoms with E-state index in [1.165, 1.54) is 11.0 Å². The fraction of sp³-hybridized carbons (Fsp3) is 0.417. The number of carbonyl (C=O) groups is 1. The van der Waals surface area contributed by atoms with Crippen molar-refractivity contribution in [1.82, 2.24) is 4.90 Å². The third-order valence-electron chi connectivity index (χ3n) is 3.11. The minimum Gasteiger partial charge on any atom is -0.391 e. The molecule has 1 aromatic rings. The lowest BCUT2D eigenvalue weighted by molar-refractivity contribution is -0.385. The zero-order chi connectivity index (χ0) is 13.3. The summed E-state index contributed by atoms with van der Waals surface area (Å²) in [6.07, 6.45) is -0.0113. The lowest BCUT2D eigenvalue weighted by atomic mass is 10.1. The Kier molecular flexibility index (Phi) is 3.29. The Morgan fingerprint density at radius 2 is 2.28 bits per heavy atom. The molecule has 6 nitrogen and oxygen atoms in total. The van der Waals surface area contributed by atoms with Crippen molar-refractivity contribution in [2.45, 2.75) is 19.4 Å². The van der Waals surface area contributed by atoms with Crippen molar-refractivity contribution in [3.05, 3.63) is 39.4 Å². The number of hydrogen-bond donors (Lipinski definition) is 1. The number of aryl methyl sites for hydroxylation is 1. The summed E-state index contributed by atoms with van der Waals surface area (Å²) in [5.74, 6) is -0.378. The number of aliphatic hydroxyl groups excluding tert-OH is 1. The molecule has 0 bridgehead atoms. The third kappa shape index (κ3) is 2.19. The number of likely N-dealkylation sites (tertiary alicyclic amines) is 1. The van der Waals surface area contributed by atoms with Crippen molar-refractivity contribution in [2.75, 3.05) is 13.1 Å².